The number of rotatable bonds is 10. The number of nitrogens with zero attached hydrogens (tertiary/aromatic N) is 2. The molecule has 2 aromatic heterocycles. The molecular weight excluding hydrogens is 436 g/mol. The minimum Gasteiger partial charge on any atom is -0.478 e. The molecule has 0 aliphatic heterocycles. The second-order valence-corrected chi connectivity index (χ2v) is 8.57. The number of carboxylic acid groups (broad SMARTS) is 2. The van der Waals surface area contributed by atoms with E-state index in [2.05, 4.69) is 11.9 Å². The minimum absolute atomic E-state index is 0.120. The maximum atomic E-state index is 11.9. The van der Waals surface area contributed by atoms with E-state index >= 15 is 0 Å². The Morgan fingerprint density at radius 2 is 2.06 bits per heavy atom. The number of hydrogen-bond donors (Lipinski definition) is 2. The summed E-state index contributed by atoms with van der Waals surface area (Å²) in [5.41, 5.74) is 1.82. The molecule has 2 heterocycles. The number of benzene rings is 1. The summed E-state index contributed by atoms with van der Waals surface area (Å²) in [6.07, 6.45) is 6.38. The molecule has 0 saturated heterocycles. The predicted molar refractivity (Wildman–Crippen MR) is 122 cm³/mol. The number of imidazole rings is 1. The molecule has 0 atom stereocenters. The molecule has 8 heteroatoms. The van der Waals surface area contributed by atoms with Crippen molar-refractivity contribution in [2.45, 2.75) is 39.2 Å². The van der Waals surface area contributed by atoms with Crippen molar-refractivity contribution in [3.63, 3.8) is 0 Å². The van der Waals surface area contributed by atoms with Crippen LogP contribution < -0.4 is 0 Å². The summed E-state index contributed by atoms with van der Waals surface area (Å²) in [7, 11) is 0. The van der Waals surface area contributed by atoms with E-state index in [1.807, 2.05) is 22.1 Å². The SMILES string of the molecule is CCCCc1ncc(/C=C(\Cc2cccs2)C(=O)O)n1Cc1ccc(C(=O)O)cc1Cl. The number of aromatic nitrogens is 2. The number of aliphatic carboxylic acids is 1. The van der Waals surface area contributed by atoms with Crippen molar-refractivity contribution in [2.24, 2.45) is 0 Å². The molecular formula is C23H23ClN2O4S. The molecule has 0 radical (unpaired) electrons. The Morgan fingerprint density at radius 3 is 2.68 bits per heavy atom. The standard InChI is InChI=1S/C23H23ClN2O4S/c1-2-3-6-21-25-13-18(10-17(23(29)30)11-19-5-4-9-31-19)26(21)14-16-8-7-15(22(27)28)12-20(16)24/h4-5,7-10,12-13H,2-3,6,11,14H2,1H3,(H,27,28)(H,29,30)/b17-10+. The Balaban J connectivity index is 1.98. The van der Waals surface area contributed by atoms with E-state index < -0.39 is 11.9 Å². The Morgan fingerprint density at radius 1 is 1.26 bits per heavy atom. The molecule has 0 unspecified atom stereocenters. The Labute approximate surface area is 189 Å². The van der Waals surface area contributed by atoms with Gasteiger partial charge in [0.05, 0.1) is 24.0 Å². The van der Waals surface area contributed by atoms with Crippen LogP contribution in [0, 0.1) is 0 Å². The van der Waals surface area contributed by atoms with E-state index in [0.717, 1.165) is 35.5 Å². The van der Waals surface area contributed by atoms with Crippen LogP contribution in [0.4, 0.5) is 0 Å². The fourth-order valence-electron chi connectivity index (χ4n) is 3.21. The van der Waals surface area contributed by atoms with Gasteiger partial charge in [-0.15, -0.1) is 11.3 Å². The van der Waals surface area contributed by atoms with Crippen molar-refractivity contribution in [2.75, 3.05) is 0 Å². The highest BCUT2D eigenvalue weighted by Gasteiger charge is 2.15. The van der Waals surface area contributed by atoms with Crippen molar-refractivity contribution in [3.05, 3.63) is 80.0 Å². The first-order chi connectivity index (χ1) is 14.9. The Hall–Kier alpha value is -2.90. The van der Waals surface area contributed by atoms with Gasteiger partial charge in [-0.25, -0.2) is 14.6 Å². The van der Waals surface area contributed by atoms with Gasteiger partial charge in [0.2, 0.25) is 0 Å². The summed E-state index contributed by atoms with van der Waals surface area (Å²) in [5, 5.41) is 21.2. The molecule has 3 aromatic rings. The molecule has 0 aliphatic rings. The lowest BCUT2D eigenvalue weighted by Gasteiger charge is -2.13. The fraction of sp³-hybridized carbons (Fsp3) is 0.261. The van der Waals surface area contributed by atoms with Gasteiger partial charge in [0.1, 0.15) is 5.82 Å². The zero-order valence-corrected chi connectivity index (χ0v) is 18.6. The largest absolute Gasteiger partial charge is 0.478 e. The summed E-state index contributed by atoms with van der Waals surface area (Å²) in [6.45, 7) is 2.47. The Bertz CT molecular complexity index is 1100. The van der Waals surface area contributed by atoms with Gasteiger partial charge >= 0.3 is 11.9 Å². The first-order valence-corrected chi connectivity index (χ1v) is 11.2. The van der Waals surface area contributed by atoms with E-state index in [1.165, 1.54) is 23.5 Å². The van der Waals surface area contributed by atoms with E-state index in [0.29, 0.717) is 23.7 Å². The smallest absolute Gasteiger partial charge is 0.335 e. The van der Waals surface area contributed by atoms with Gasteiger partial charge in [0.15, 0.2) is 0 Å². The third-order valence-corrected chi connectivity index (χ3v) is 6.12. The first-order valence-electron chi connectivity index (χ1n) is 9.91. The number of carbonyl (C=O) groups is 2. The van der Waals surface area contributed by atoms with Crippen molar-refractivity contribution in [1.29, 1.82) is 0 Å². The zero-order chi connectivity index (χ0) is 22.4. The number of carboxylic acids is 2. The second kappa shape index (κ2) is 10.4. The number of hydrogen-bond acceptors (Lipinski definition) is 4. The predicted octanol–water partition coefficient (Wildman–Crippen LogP) is 5.40. The van der Waals surface area contributed by atoms with Crippen molar-refractivity contribution in [1.82, 2.24) is 9.55 Å². The highest BCUT2D eigenvalue weighted by atomic mass is 35.5. The van der Waals surface area contributed by atoms with E-state index in [9.17, 15) is 14.7 Å². The molecule has 31 heavy (non-hydrogen) atoms. The summed E-state index contributed by atoms with van der Waals surface area (Å²) >= 11 is 7.86. The summed E-state index contributed by atoms with van der Waals surface area (Å²) < 4.78 is 1.95. The fourth-order valence-corrected chi connectivity index (χ4v) is 4.18. The Kier molecular flexibility index (Phi) is 7.65. The molecule has 0 aliphatic carbocycles. The van der Waals surface area contributed by atoms with Crippen LogP contribution in [0.25, 0.3) is 6.08 Å². The average Bonchev–Trinajstić information content (AvgIpc) is 3.37. The summed E-state index contributed by atoms with van der Waals surface area (Å²) in [5.74, 6) is -1.17. The lowest BCUT2D eigenvalue weighted by atomic mass is 10.1. The van der Waals surface area contributed by atoms with Gasteiger partial charge in [-0.3, -0.25) is 0 Å². The lowest BCUT2D eigenvalue weighted by Crippen LogP contribution is -2.10. The van der Waals surface area contributed by atoms with Crippen LogP contribution in [0.15, 0.2) is 47.5 Å². The van der Waals surface area contributed by atoms with Gasteiger partial charge in [0.25, 0.3) is 0 Å². The molecule has 6 nitrogen and oxygen atoms in total. The normalized spacial score (nSPS) is 11.6. The number of thiophene rings is 1. The van der Waals surface area contributed by atoms with Crippen LogP contribution in [0.1, 0.15) is 52.1 Å². The monoisotopic (exact) mass is 458 g/mol. The van der Waals surface area contributed by atoms with Crippen LogP contribution in [-0.2, 0) is 24.2 Å². The quantitative estimate of drug-likeness (QED) is 0.397. The molecule has 0 amide bonds. The topological polar surface area (TPSA) is 92.4 Å². The number of aryl methyl sites for hydroxylation is 1. The van der Waals surface area contributed by atoms with Gasteiger partial charge in [-0.2, -0.15) is 0 Å². The van der Waals surface area contributed by atoms with Crippen molar-refractivity contribution < 1.29 is 19.8 Å². The van der Waals surface area contributed by atoms with E-state index in [-0.39, 0.29) is 11.1 Å². The highest BCUT2D eigenvalue weighted by molar-refractivity contribution is 7.09. The molecule has 0 spiro atoms. The third-order valence-electron chi connectivity index (χ3n) is 4.89. The summed E-state index contributed by atoms with van der Waals surface area (Å²) in [4.78, 5) is 28.5. The van der Waals surface area contributed by atoms with Crippen LogP contribution in [0.2, 0.25) is 5.02 Å². The average molecular weight is 459 g/mol. The highest BCUT2D eigenvalue weighted by Crippen LogP contribution is 2.23. The van der Waals surface area contributed by atoms with Crippen LogP contribution >= 0.6 is 22.9 Å². The summed E-state index contributed by atoms with van der Waals surface area (Å²) in [6, 6.07) is 8.44. The van der Waals surface area contributed by atoms with Crippen LogP contribution in [0.3, 0.4) is 0 Å². The van der Waals surface area contributed by atoms with Gasteiger partial charge < -0.3 is 14.8 Å². The maximum Gasteiger partial charge on any atom is 0.335 e. The molecule has 162 valence electrons. The van der Waals surface area contributed by atoms with Gasteiger partial charge in [-0.1, -0.05) is 37.1 Å². The van der Waals surface area contributed by atoms with Gasteiger partial charge in [0, 0.05) is 28.3 Å². The first kappa shape index (κ1) is 22.8. The number of unbranched alkanes of at least 4 members (excludes halogenated alkanes) is 1. The lowest BCUT2D eigenvalue weighted by molar-refractivity contribution is -0.132. The van der Waals surface area contributed by atoms with Crippen LogP contribution in [0.5, 0.6) is 0 Å². The maximum absolute atomic E-state index is 11.9. The second-order valence-electron chi connectivity index (χ2n) is 7.13. The van der Waals surface area contributed by atoms with E-state index in [1.54, 1.807) is 18.3 Å². The molecule has 0 saturated carbocycles. The minimum atomic E-state index is -1.04. The molecule has 3 rings (SSSR count). The number of aromatic carboxylic acids is 1. The third kappa shape index (κ3) is 5.83. The van der Waals surface area contributed by atoms with Gasteiger partial charge in [-0.05, 0) is 41.6 Å². The molecule has 0 fully saturated rings. The molecule has 1 aromatic carbocycles. The van der Waals surface area contributed by atoms with Crippen molar-refractivity contribution >= 4 is 41.0 Å². The molecule has 0 bridgehead atoms. The van der Waals surface area contributed by atoms with Crippen molar-refractivity contribution in [3.8, 4) is 0 Å². The number of halogens is 1. The van der Waals surface area contributed by atoms with Crippen LogP contribution in [-0.4, -0.2) is 31.7 Å². The molecule has 2 N–H and O–H groups in total. The van der Waals surface area contributed by atoms with E-state index in [4.69, 9.17) is 16.7 Å². The zero-order valence-electron chi connectivity index (χ0n) is 17.0.